The monoisotopic (exact) mass is 513 g/mol. The van der Waals surface area contributed by atoms with E-state index in [1.807, 2.05) is 65.6 Å². The maximum atomic E-state index is 14.1. The first-order chi connectivity index (χ1) is 18.5. The molecule has 1 aromatic heterocycles. The molecule has 0 saturated carbocycles. The predicted molar refractivity (Wildman–Crippen MR) is 144 cm³/mol. The van der Waals surface area contributed by atoms with E-state index < -0.39 is 5.82 Å². The van der Waals surface area contributed by atoms with Crippen molar-refractivity contribution in [2.75, 3.05) is 13.2 Å². The minimum Gasteiger partial charge on any atom is -0.438 e. The molecule has 1 atom stereocenters. The Morgan fingerprint density at radius 2 is 1.82 bits per heavy atom. The van der Waals surface area contributed by atoms with E-state index in [1.165, 1.54) is 12.1 Å². The van der Waals surface area contributed by atoms with E-state index >= 15 is 0 Å². The van der Waals surface area contributed by atoms with Crippen LogP contribution in [0.4, 0.5) is 4.39 Å². The Morgan fingerprint density at radius 3 is 2.47 bits per heavy atom. The Hall–Kier alpha value is -3.97. The summed E-state index contributed by atoms with van der Waals surface area (Å²) >= 11 is 0. The van der Waals surface area contributed by atoms with E-state index in [4.69, 9.17) is 14.6 Å². The van der Waals surface area contributed by atoms with E-state index in [1.54, 1.807) is 16.8 Å². The van der Waals surface area contributed by atoms with Gasteiger partial charge in [-0.2, -0.15) is 5.10 Å². The van der Waals surface area contributed by atoms with Crippen molar-refractivity contribution in [2.24, 2.45) is 0 Å². The quantitative estimate of drug-likeness (QED) is 0.248. The van der Waals surface area contributed by atoms with Crippen LogP contribution in [0.3, 0.4) is 0 Å². The number of rotatable bonds is 9. The number of aromatic nitrogens is 2. The molecule has 0 unspecified atom stereocenters. The van der Waals surface area contributed by atoms with Gasteiger partial charge in [0, 0.05) is 24.8 Å². The molecule has 196 valence electrons. The summed E-state index contributed by atoms with van der Waals surface area (Å²) in [6, 6.07) is 25.0. The molecule has 7 heteroatoms. The molecule has 1 aliphatic rings. The van der Waals surface area contributed by atoms with Crippen molar-refractivity contribution in [3.8, 4) is 17.3 Å². The standard InChI is InChI=1S/C31H32FN3O3/c1-22(2)29-28(21-34(20-27-17-10-18-37-27)30(36)23-11-5-3-6-12-23)31(38-26-16-9-13-24(32)19-26)35(33-29)25-14-7-4-8-15-25/h3-9,11-16,19,22,27H,10,17-18,20-21H2,1-2H3/t27-/m1/s1. The Kier molecular flexibility index (Phi) is 7.84. The predicted octanol–water partition coefficient (Wildman–Crippen LogP) is 6.75. The largest absolute Gasteiger partial charge is 0.438 e. The Bertz CT molecular complexity index is 1370. The van der Waals surface area contributed by atoms with Crippen LogP contribution < -0.4 is 4.74 Å². The second-order valence-electron chi connectivity index (χ2n) is 9.82. The highest BCUT2D eigenvalue weighted by Gasteiger charge is 2.29. The van der Waals surface area contributed by atoms with Crippen molar-refractivity contribution in [3.05, 3.63) is 108 Å². The van der Waals surface area contributed by atoms with Gasteiger partial charge in [0.2, 0.25) is 5.88 Å². The molecule has 1 saturated heterocycles. The SMILES string of the molecule is CC(C)c1nn(-c2ccccc2)c(Oc2cccc(F)c2)c1CN(C[C@H]1CCCO1)C(=O)c1ccccc1. The van der Waals surface area contributed by atoms with Crippen molar-refractivity contribution in [1.82, 2.24) is 14.7 Å². The molecule has 5 rings (SSSR count). The van der Waals surface area contributed by atoms with E-state index in [0.717, 1.165) is 29.8 Å². The van der Waals surface area contributed by atoms with Crippen LogP contribution in [-0.2, 0) is 11.3 Å². The molecule has 1 amide bonds. The second kappa shape index (κ2) is 11.6. The van der Waals surface area contributed by atoms with Crippen LogP contribution in [0, 0.1) is 5.82 Å². The van der Waals surface area contributed by atoms with Gasteiger partial charge in [-0.1, -0.05) is 56.3 Å². The van der Waals surface area contributed by atoms with Gasteiger partial charge in [-0.25, -0.2) is 9.07 Å². The number of carbonyl (C=O) groups excluding carboxylic acids is 1. The van der Waals surface area contributed by atoms with Gasteiger partial charge in [0.1, 0.15) is 11.6 Å². The number of benzene rings is 3. The molecule has 6 nitrogen and oxygen atoms in total. The van der Waals surface area contributed by atoms with Crippen LogP contribution in [-0.4, -0.2) is 39.8 Å². The molecule has 4 aromatic rings. The average molecular weight is 514 g/mol. The topological polar surface area (TPSA) is 56.6 Å². The maximum absolute atomic E-state index is 14.1. The molecule has 0 radical (unpaired) electrons. The number of halogens is 1. The van der Waals surface area contributed by atoms with E-state index in [-0.39, 0.29) is 24.5 Å². The van der Waals surface area contributed by atoms with E-state index in [0.29, 0.717) is 30.3 Å². The molecule has 3 aromatic carbocycles. The summed E-state index contributed by atoms with van der Waals surface area (Å²) in [5.41, 5.74) is 3.03. The number of hydrogen-bond acceptors (Lipinski definition) is 4. The van der Waals surface area contributed by atoms with E-state index in [9.17, 15) is 9.18 Å². The fourth-order valence-electron chi connectivity index (χ4n) is 4.76. The highest BCUT2D eigenvalue weighted by Crippen LogP contribution is 2.35. The lowest BCUT2D eigenvalue weighted by atomic mass is 10.0. The maximum Gasteiger partial charge on any atom is 0.254 e. The van der Waals surface area contributed by atoms with Crippen LogP contribution in [0.25, 0.3) is 5.69 Å². The number of hydrogen-bond donors (Lipinski definition) is 0. The summed E-state index contributed by atoms with van der Waals surface area (Å²) in [5, 5.41) is 4.94. The summed E-state index contributed by atoms with van der Waals surface area (Å²) in [5.74, 6) is 0.404. The first kappa shape index (κ1) is 25.7. The molecule has 0 spiro atoms. The minimum absolute atomic E-state index is 0.0260. The summed E-state index contributed by atoms with van der Waals surface area (Å²) in [7, 11) is 0. The van der Waals surface area contributed by atoms with Crippen LogP contribution in [0.2, 0.25) is 0 Å². The summed E-state index contributed by atoms with van der Waals surface area (Å²) in [6.07, 6.45) is 1.86. The number of nitrogens with zero attached hydrogens (tertiary/aromatic N) is 3. The van der Waals surface area contributed by atoms with Gasteiger partial charge in [-0.05, 0) is 55.2 Å². The molecular formula is C31H32FN3O3. The first-order valence-corrected chi connectivity index (χ1v) is 13.1. The molecule has 0 aliphatic carbocycles. The first-order valence-electron chi connectivity index (χ1n) is 13.1. The van der Waals surface area contributed by atoms with Gasteiger partial charge in [0.05, 0.1) is 29.6 Å². The third kappa shape index (κ3) is 5.78. The van der Waals surface area contributed by atoms with Crippen LogP contribution in [0.5, 0.6) is 11.6 Å². The second-order valence-corrected chi connectivity index (χ2v) is 9.82. The minimum atomic E-state index is -0.391. The molecule has 38 heavy (non-hydrogen) atoms. The van der Waals surface area contributed by atoms with Gasteiger partial charge >= 0.3 is 0 Å². The highest BCUT2D eigenvalue weighted by molar-refractivity contribution is 5.94. The van der Waals surface area contributed by atoms with Gasteiger partial charge < -0.3 is 14.4 Å². The molecule has 1 fully saturated rings. The molecule has 0 N–H and O–H groups in total. The highest BCUT2D eigenvalue weighted by atomic mass is 19.1. The number of ether oxygens (including phenoxy) is 2. The van der Waals surface area contributed by atoms with Gasteiger partial charge in [0.25, 0.3) is 5.91 Å². The third-order valence-corrected chi connectivity index (χ3v) is 6.63. The lowest BCUT2D eigenvalue weighted by molar-refractivity contribution is 0.0505. The Balaban J connectivity index is 1.60. The van der Waals surface area contributed by atoms with E-state index in [2.05, 4.69) is 13.8 Å². The zero-order chi connectivity index (χ0) is 26.5. The zero-order valence-corrected chi connectivity index (χ0v) is 21.7. The average Bonchev–Trinajstić information content (AvgIpc) is 3.57. The lowest BCUT2D eigenvalue weighted by Crippen LogP contribution is -2.37. The molecular weight excluding hydrogens is 481 g/mol. The summed E-state index contributed by atoms with van der Waals surface area (Å²) < 4.78 is 28.1. The van der Waals surface area contributed by atoms with Crippen LogP contribution in [0.1, 0.15) is 54.2 Å². The number of para-hydroxylation sites is 1. The van der Waals surface area contributed by atoms with Crippen molar-refractivity contribution >= 4 is 5.91 Å². The van der Waals surface area contributed by atoms with Crippen molar-refractivity contribution < 1.29 is 18.7 Å². The Labute approximate surface area is 222 Å². The van der Waals surface area contributed by atoms with Gasteiger partial charge in [0.15, 0.2) is 0 Å². The fraction of sp³-hybridized carbons (Fsp3) is 0.290. The summed E-state index contributed by atoms with van der Waals surface area (Å²) in [6.45, 7) is 5.57. The fourth-order valence-corrected chi connectivity index (χ4v) is 4.76. The van der Waals surface area contributed by atoms with Crippen molar-refractivity contribution in [2.45, 2.75) is 45.3 Å². The van der Waals surface area contributed by atoms with Crippen molar-refractivity contribution in [3.63, 3.8) is 0 Å². The van der Waals surface area contributed by atoms with Crippen molar-refractivity contribution in [1.29, 1.82) is 0 Å². The van der Waals surface area contributed by atoms with Gasteiger partial charge in [-0.15, -0.1) is 0 Å². The third-order valence-electron chi connectivity index (χ3n) is 6.63. The zero-order valence-electron chi connectivity index (χ0n) is 21.7. The van der Waals surface area contributed by atoms with Crippen LogP contribution in [0.15, 0.2) is 84.9 Å². The summed E-state index contributed by atoms with van der Waals surface area (Å²) in [4.78, 5) is 15.6. The lowest BCUT2D eigenvalue weighted by Gasteiger charge is -2.26. The molecule has 0 bridgehead atoms. The smallest absolute Gasteiger partial charge is 0.254 e. The van der Waals surface area contributed by atoms with Crippen LogP contribution >= 0.6 is 0 Å². The molecule has 2 heterocycles. The number of amides is 1. The Morgan fingerprint density at radius 1 is 1.08 bits per heavy atom. The van der Waals surface area contributed by atoms with Gasteiger partial charge in [-0.3, -0.25) is 4.79 Å². The number of carbonyl (C=O) groups is 1. The normalized spacial score (nSPS) is 15.1. The molecule has 1 aliphatic heterocycles.